The molecular weight excluding hydrogens is 434 g/mol. The maximum atomic E-state index is 13.0. The second-order valence-electron chi connectivity index (χ2n) is 8.02. The molecule has 0 saturated carbocycles. The fourth-order valence-electron chi connectivity index (χ4n) is 4.19. The molecule has 8 nitrogen and oxygen atoms in total. The van der Waals surface area contributed by atoms with Crippen LogP contribution in [0.4, 0.5) is 0 Å². The van der Waals surface area contributed by atoms with Crippen LogP contribution in [-0.2, 0) is 9.84 Å². The highest BCUT2D eigenvalue weighted by Crippen LogP contribution is 2.30. The average molecular weight is 460 g/mol. The van der Waals surface area contributed by atoms with Gasteiger partial charge in [-0.3, -0.25) is 4.79 Å². The molecule has 10 heteroatoms. The number of rotatable bonds is 6. The van der Waals surface area contributed by atoms with Gasteiger partial charge in [-0.2, -0.15) is 4.68 Å². The van der Waals surface area contributed by atoms with Gasteiger partial charge in [0.25, 0.3) is 0 Å². The fourth-order valence-corrected chi connectivity index (χ4v) is 6.66. The second-order valence-corrected chi connectivity index (χ2v) is 11.2. The van der Waals surface area contributed by atoms with Crippen LogP contribution in [0.5, 0.6) is 0 Å². The van der Waals surface area contributed by atoms with Gasteiger partial charge in [0.2, 0.25) is 5.16 Å². The Morgan fingerprint density at radius 3 is 2.71 bits per heavy atom. The largest absolute Gasteiger partial charge is 0.344 e. The van der Waals surface area contributed by atoms with Gasteiger partial charge >= 0.3 is 0 Å². The molecule has 0 N–H and O–H groups in total. The molecule has 0 bridgehead atoms. The summed E-state index contributed by atoms with van der Waals surface area (Å²) in [5.41, 5.74) is 5.47. The maximum Gasteiger partial charge on any atom is 0.214 e. The van der Waals surface area contributed by atoms with E-state index < -0.39 is 9.84 Å². The van der Waals surface area contributed by atoms with Gasteiger partial charge in [-0.15, -0.1) is 5.10 Å². The van der Waals surface area contributed by atoms with Gasteiger partial charge in [-0.05, 0) is 67.8 Å². The zero-order chi connectivity index (χ0) is 22.3. The third-order valence-corrected chi connectivity index (χ3v) is 8.61. The summed E-state index contributed by atoms with van der Waals surface area (Å²) in [6, 6.07) is 7.70. The first-order chi connectivity index (χ1) is 14.7. The summed E-state index contributed by atoms with van der Waals surface area (Å²) in [6.45, 7) is 7.85. The number of thioether (sulfide) groups is 1. The number of Topliss-reactive ketones (excluding diaryl/α,β-unsaturated/α-hetero) is 1. The van der Waals surface area contributed by atoms with Crippen LogP contribution < -0.4 is 0 Å². The highest BCUT2D eigenvalue weighted by molar-refractivity contribution is 7.99. The zero-order valence-electron chi connectivity index (χ0n) is 18.0. The van der Waals surface area contributed by atoms with Crippen molar-refractivity contribution in [3.05, 3.63) is 52.3 Å². The number of nitrogens with zero attached hydrogens (tertiary/aromatic N) is 5. The van der Waals surface area contributed by atoms with Crippen LogP contribution >= 0.6 is 11.8 Å². The summed E-state index contributed by atoms with van der Waals surface area (Å²) >= 11 is 1.29. The number of benzene rings is 1. The summed E-state index contributed by atoms with van der Waals surface area (Å²) < 4.78 is 27.5. The molecule has 2 aromatic heterocycles. The minimum atomic E-state index is -3.00. The summed E-state index contributed by atoms with van der Waals surface area (Å²) in [5.74, 6) is 0.504. The molecule has 1 saturated heterocycles. The van der Waals surface area contributed by atoms with Crippen molar-refractivity contribution >= 4 is 27.4 Å². The molecule has 1 aromatic carbocycles. The summed E-state index contributed by atoms with van der Waals surface area (Å²) in [5, 5.41) is 12.5. The Balaban J connectivity index is 1.53. The molecule has 1 aliphatic heterocycles. The van der Waals surface area contributed by atoms with Crippen LogP contribution in [0, 0.1) is 27.7 Å². The molecule has 3 aromatic rings. The molecule has 0 aliphatic carbocycles. The van der Waals surface area contributed by atoms with Gasteiger partial charge in [0.15, 0.2) is 15.6 Å². The third kappa shape index (κ3) is 4.18. The van der Waals surface area contributed by atoms with E-state index in [-0.39, 0.29) is 29.1 Å². The molecule has 3 heterocycles. The number of aryl methyl sites for hydroxylation is 2. The molecular formula is C21H25N5O3S2. The Bertz CT molecular complexity index is 1260. The number of hydrogen-bond acceptors (Lipinski definition) is 7. The molecule has 31 heavy (non-hydrogen) atoms. The van der Waals surface area contributed by atoms with E-state index in [1.807, 2.05) is 56.5 Å². The second kappa shape index (κ2) is 8.23. The molecule has 1 fully saturated rings. The van der Waals surface area contributed by atoms with Crippen molar-refractivity contribution in [1.29, 1.82) is 0 Å². The smallest absolute Gasteiger partial charge is 0.214 e. The van der Waals surface area contributed by atoms with Gasteiger partial charge in [-0.1, -0.05) is 23.9 Å². The fraction of sp³-hybridized carbons (Fsp3) is 0.429. The van der Waals surface area contributed by atoms with Gasteiger partial charge in [-0.25, -0.2) is 8.42 Å². The van der Waals surface area contributed by atoms with Crippen molar-refractivity contribution in [1.82, 2.24) is 24.8 Å². The minimum Gasteiger partial charge on any atom is -0.344 e. The predicted octanol–water partition coefficient (Wildman–Crippen LogP) is 3.03. The number of hydrogen-bond donors (Lipinski definition) is 0. The normalized spacial score (nSPS) is 17.9. The predicted molar refractivity (Wildman–Crippen MR) is 120 cm³/mol. The van der Waals surface area contributed by atoms with Gasteiger partial charge in [0.1, 0.15) is 0 Å². The number of carbonyl (C=O) groups excluding carboxylic acids is 1. The van der Waals surface area contributed by atoms with E-state index in [0.717, 1.165) is 28.2 Å². The maximum absolute atomic E-state index is 13.0. The monoisotopic (exact) mass is 459 g/mol. The lowest BCUT2D eigenvalue weighted by Gasteiger charge is -2.16. The topological polar surface area (TPSA) is 99.7 Å². The standard InChI is InChI=1S/C21H25N5O3S2/c1-13-6-5-7-19(15(13)3)26-21(22-23-24-26)30-11-20(27)18-10-14(2)25(16(18)4)17-8-9-31(28,29)12-17/h5-7,10,17H,8-9,11-12H2,1-4H3. The molecule has 1 unspecified atom stereocenters. The third-order valence-electron chi connectivity index (χ3n) is 5.94. The van der Waals surface area contributed by atoms with Crippen molar-refractivity contribution in [3.63, 3.8) is 0 Å². The number of carbonyl (C=O) groups is 1. The SMILES string of the molecule is Cc1cccc(-n2nnnc2SCC(=O)c2cc(C)n(C3CCS(=O)(=O)C3)c2C)c1C. The molecule has 0 spiro atoms. The Kier molecular flexibility index (Phi) is 5.78. The van der Waals surface area contributed by atoms with Gasteiger partial charge < -0.3 is 4.57 Å². The summed E-state index contributed by atoms with van der Waals surface area (Å²) in [7, 11) is -3.00. The number of aromatic nitrogens is 5. The number of ketones is 1. The van der Waals surface area contributed by atoms with Crippen LogP contribution in [0.15, 0.2) is 29.4 Å². The van der Waals surface area contributed by atoms with E-state index in [9.17, 15) is 13.2 Å². The van der Waals surface area contributed by atoms with E-state index in [4.69, 9.17) is 0 Å². The summed E-state index contributed by atoms with van der Waals surface area (Å²) in [4.78, 5) is 13.0. The lowest BCUT2D eigenvalue weighted by atomic mass is 10.1. The zero-order valence-corrected chi connectivity index (χ0v) is 19.6. The highest BCUT2D eigenvalue weighted by Gasteiger charge is 2.31. The first-order valence-electron chi connectivity index (χ1n) is 10.1. The van der Waals surface area contributed by atoms with Crippen molar-refractivity contribution < 1.29 is 13.2 Å². The molecule has 1 aliphatic rings. The van der Waals surface area contributed by atoms with Crippen molar-refractivity contribution in [2.75, 3.05) is 17.3 Å². The summed E-state index contributed by atoms with van der Waals surface area (Å²) in [6.07, 6.45) is 0.589. The Morgan fingerprint density at radius 2 is 2.00 bits per heavy atom. The van der Waals surface area contributed by atoms with Crippen LogP contribution in [0.25, 0.3) is 5.69 Å². The molecule has 4 rings (SSSR count). The number of tetrazole rings is 1. The van der Waals surface area contributed by atoms with Gasteiger partial charge in [0.05, 0.1) is 22.9 Å². The quantitative estimate of drug-likeness (QED) is 0.413. The van der Waals surface area contributed by atoms with E-state index in [1.165, 1.54) is 11.8 Å². The average Bonchev–Trinajstić information content (AvgIpc) is 3.39. The lowest BCUT2D eigenvalue weighted by molar-refractivity contribution is 0.102. The Morgan fingerprint density at radius 1 is 1.23 bits per heavy atom. The minimum absolute atomic E-state index is 0.0271. The van der Waals surface area contributed by atoms with Crippen molar-refractivity contribution in [2.24, 2.45) is 0 Å². The van der Waals surface area contributed by atoms with Crippen LogP contribution in [-0.4, -0.2) is 56.2 Å². The molecule has 0 radical (unpaired) electrons. The first kappa shape index (κ1) is 21.8. The van der Waals surface area contributed by atoms with Crippen LogP contribution in [0.2, 0.25) is 0 Å². The van der Waals surface area contributed by atoms with Crippen LogP contribution in [0.3, 0.4) is 0 Å². The first-order valence-corrected chi connectivity index (χ1v) is 12.9. The van der Waals surface area contributed by atoms with Gasteiger partial charge in [0, 0.05) is 23.0 Å². The molecule has 0 amide bonds. The highest BCUT2D eigenvalue weighted by atomic mass is 32.2. The molecule has 1 atom stereocenters. The van der Waals surface area contributed by atoms with Crippen molar-refractivity contribution in [2.45, 2.75) is 45.3 Å². The lowest BCUT2D eigenvalue weighted by Crippen LogP contribution is -2.14. The Labute approximate surface area is 186 Å². The van der Waals surface area contributed by atoms with Crippen molar-refractivity contribution in [3.8, 4) is 5.69 Å². The van der Waals surface area contributed by atoms with E-state index in [1.54, 1.807) is 4.68 Å². The van der Waals surface area contributed by atoms with Crippen LogP contribution in [0.1, 0.15) is 45.3 Å². The van der Waals surface area contributed by atoms with E-state index in [2.05, 4.69) is 15.5 Å². The van der Waals surface area contributed by atoms with E-state index in [0.29, 0.717) is 17.1 Å². The number of sulfone groups is 1. The Hall–Kier alpha value is -2.46. The molecule has 164 valence electrons. The van der Waals surface area contributed by atoms with E-state index >= 15 is 0 Å².